The molecule has 0 saturated heterocycles. The van der Waals surface area contributed by atoms with Crippen molar-refractivity contribution >= 4 is 23.5 Å². The summed E-state index contributed by atoms with van der Waals surface area (Å²) < 4.78 is 0. The maximum absolute atomic E-state index is 10.9. The molecular formula is C6H5N3OS. The molecule has 2 rings (SSSR count). The van der Waals surface area contributed by atoms with Crippen LogP contribution in [0.2, 0.25) is 0 Å². The fourth-order valence-electron chi connectivity index (χ4n) is 0.870. The van der Waals surface area contributed by atoms with Crippen molar-refractivity contribution in [3.63, 3.8) is 0 Å². The van der Waals surface area contributed by atoms with Gasteiger partial charge < -0.3 is 0 Å². The lowest BCUT2D eigenvalue weighted by Gasteiger charge is -1.91. The molecule has 56 valence electrons. The molecule has 0 spiro atoms. The number of aliphatic imine (C=N–C) groups is 1. The Labute approximate surface area is 67.5 Å². The number of amides is 1. The molecule has 0 fully saturated rings. The average Bonchev–Trinajstić information content (AvgIpc) is 2.31. The Kier molecular flexibility index (Phi) is 1.58. The van der Waals surface area contributed by atoms with Gasteiger partial charge in [-0.1, -0.05) is 0 Å². The van der Waals surface area contributed by atoms with Crippen LogP contribution in [0.15, 0.2) is 27.0 Å². The summed E-state index contributed by atoms with van der Waals surface area (Å²) in [6, 6.07) is 0. The van der Waals surface area contributed by atoms with Crippen LogP contribution in [-0.4, -0.2) is 23.2 Å². The molecule has 0 aromatic heterocycles. The molecule has 0 N–H and O–H groups in total. The van der Waals surface area contributed by atoms with Gasteiger partial charge in [0.2, 0.25) is 0 Å². The summed E-state index contributed by atoms with van der Waals surface area (Å²) in [4.78, 5) is 14.7. The molecule has 2 heterocycles. The van der Waals surface area contributed by atoms with E-state index in [9.17, 15) is 4.79 Å². The van der Waals surface area contributed by atoms with Crippen molar-refractivity contribution < 1.29 is 4.79 Å². The minimum atomic E-state index is -0.116. The second kappa shape index (κ2) is 2.58. The summed E-state index contributed by atoms with van der Waals surface area (Å²) in [7, 11) is 0. The third kappa shape index (κ3) is 1.23. The van der Waals surface area contributed by atoms with Gasteiger partial charge in [-0.15, -0.1) is 16.9 Å². The molecule has 2 aliphatic rings. The van der Waals surface area contributed by atoms with E-state index in [1.54, 1.807) is 18.0 Å². The minimum Gasteiger partial charge on any atom is -0.272 e. The van der Waals surface area contributed by atoms with Crippen LogP contribution in [0, 0.1) is 0 Å². The van der Waals surface area contributed by atoms with Crippen molar-refractivity contribution in [2.75, 3.05) is 11.5 Å². The summed E-state index contributed by atoms with van der Waals surface area (Å²) in [5.74, 6) is 1.63. The van der Waals surface area contributed by atoms with Crippen LogP contribution in [-0.2, 0) is 4.79 Å². The topological polar surface area (TPSA) is 54.1 Å². The van der Waals surface area contributed by atoms with E-state index in [1.807, 2.05) is 0 Å². The van der Waals surface area contributed by atoms with E-state index in [0.29, 0.717) is 11.6 Å². The molecule has 4 nitrogen and oxygen atoms in total. The molecule has 0 saturated carbocycles. The van der Waals surface area contributed by atoms with E-state index in [0.717, 1.165) is 11.3 Å². The molecule has 0 aromatic carbocycles. The van der Waals surface area contributed by atoms with Crippen molar-refractivity contribution in [3.05, 3.63) is 11.8 Å². The highest BCUT2D eigenvalue weighted by atomic mass is 32.2. The summed E-state index contributed by atoms with van der Waals surface area (Å²) in [6.07, 6.45) is 1.66. The van der Waals surface area contributed by atoms with Crippen LogP contribution in [0.25, 0.3) is 0 Å². The predicted molar refractivity (Wildman–Crippen MR) is 42.7 cm³/mol. The van der Waals surface area contributed by atoms with E-state index in [1.165, 1.54) is 0 Å². The van der Waals surface area contributed by atoms with Gasteiger partial charge in [0.15, 0.2) is 5.84 Å². The number of nitrogens with zero attached hydrogens (tertiary/aromatic N) is 3. The second-order valence-corrected chi connectivity index (χ2v) is 3.18. The Balaban J connectivity index is 2.36. The largest absolute Gasteiger partial charge is 0.272 e. The smallest absolute Gasteiger partial charge is 0.257 e. The lowest BCUT2D eigenvalue weighted by molar-refractivity contribution is -0.115. The third-order valence-corrected chi connectivity index (χ3v) is 2.33. The van der Waals surface area contributed by atoms with Crippen molar-refractivity contribution in [1.82, 2.24) is 0 Å². The molecule has 0 unspecified atom stereocenters. The monoisotopic (exact) mass is 167 g/mol. The van der Waals surface area contributed by atoms with Gasteiger partial charge in [0.25, 0.3) is 5.91 Å². The van der Waals surface area contributed by atoms with Crippen LogP contribution in [0.4, 0.5) is 0 Å². The number of rotatable bonds is 0. The molecule has 5 heteroatoms. The molecule has 0 radical (unpaired) electrons. The first-order chi connectivity index (χ1) is 5.36. The summed E-state index contributed by atoms with van der Waals surface area (Å²) >= 11 is 1.55. The van der Waals surface area contributed by atoms with Crippen LogP contribution < -0.4 is 0 Å². The van der Waals surface area contributed by atoms with Gasteiger partial charge in [0, 0.05) is 11.3 Å². The Bertz CT molecular complexity index is 292. The number of hydrogen-bond acceptors (Lipinski definition) is 4. The number of fused-ring (bicyclic) bond motifs is 1. The highest BCUT2D eigenvalue weighted by Crippen LogP contribution is 2.19. The average molecular weight is 167 g/mol. The summed E-state index contributed by atoms with van der Waals surface area (Å²) in [6.45, 7) is 0. The lowest BCUT2D eigenvalue weighted by Crippen LogP contribution is -1.98. The van der Waals surface area contributed by atoms with Crippen molar-refractivity contribution in [2.24, 2.45) is 15.2 Å². The summed E-state index contributed by atoms with van der Waals surface area (Å²) in [5, 5.41) is 7.39. The highest BCUT2D eigenvalue weighted by molar-refractivity contribution is 8.00. The zero-order chi connectivity index (χ0) is 7.68. The van der Waals surface area contributed by atoms with E-state index >= 15 is 0 Å². The zero-order valence-corrected chi connectivity index (χ0v) is 6.47. The molecule has 11 heavy (non-hydrogen) atoms. The van der Waals surface area contributed by atoms with E-state index in [4.69, 9.17) is 0 Å². The van der Waals surface area contributed by atoms with E-state index < -0.39 is 0 Å². The van der Waals surface area contributed by atoms with Gasteiger partial charge in [0.1, 0.15) is 0 Å². The number of azo groups is 1. The Hall–Kier alpha value is -0.970. The Morgan fingerprint density at radius 1 is 1.45 bits per heavy atom. The highest BCUT2D eigenvalue weighted by Gasteiger charge is 2.17. The van der Waals surface area contributed by atoms with Crippen LogP contribution in [0.1, 0.15) is 0 Å². The molecular weight excluding hydrogens is 162 g/mol. The third-order valence-electron chi connectivity index (χ3n) is 1.37. The predicted octanol–water partition coefficient (Wildman–Crippen LogP) is 1.01. The first-order valence-corrected chi connectivity index (χ1v) is 4.31. The van der Waals surface area contributed by atoms with Gasteiger partial charge in [-0.25, -0.2) is 0 Å². The molecule has 0 bridgehead atoms. The van der Waals surface area contributed by atoms with E-state index in [2.05, 4.69) is 15.2 Å². The lowest BCUT2D eigenvalue weighted by atomic mass is 10.3. The van der Waals surface area contributed by atoms with Gasteiger partial charge >= 0.3 is 0 Å². The zero-order valence-electron chi connectivity index (χ0n) is 5.65. The van der Waals surface area contributed by atoms with Crippen LogP contribution in [0.5, 0.6) is 0 Å². The fourth-order valence-corrected chi connectivity index (χ4v) is 1.63. The number of carbonyl (C=O) groups excluding carboxylic acids is 1. The van der Waals surface area contributed by atoms with Gasteiger partial charge in [-0.05, 0) is 0 Å². The fraction of sp³-hybridized carbons (Fsp3) is 0.333. The molecule has 0 aliphatic carbocycles. The summed E-state index contributed by atoms with van der Waals surface area (Å²) in [5.41, 5.74) is 0.959. The van der Waals surface area contributed by atoms with Crippen molar-refractivity contribution in [3.8, 4) is 0 Å². The van der Waals surface area contributed by atoms with Crippen LogP contribution >= 0.6 is 11.8 Å². The van der Waals surface area contributed by atoms with Gasteiger partial charge in [0.05, 0.1) is 12.0 Å². The van der Waals surface area contributed by atoms with E-state index in [-0.39, 0.29) is 5.91 Å². The Morgan fingerprint density at radius 3 is 3.27 bits per heavy atom. The molecule has 0 aromatic rings. The standard InChI is InChI=1S/C6H5N3OS/c10-5-3-11-2-4-1-7-9-6(4)8-5/h1H,2-3H2. The normalized spacial score (nSPS) is 22.4. The maximum atomic E-state index is 10.9. The Morgan fingerprint density at radius 2 is 2.36 bits per heavy atom. The van der Waals surface area contributed by atoms with Crippen molar-refractivity contribution in [1.29, 1.82) is 0 Å². The first-order valence-electron chi connectivity index (χ1n) is 3.16. The SMILES string of the molecule is O=C1CSCC2=CN=NC2=N1. The quantitative estimate of drug-likeness (QED) is 0.540. The van der Waals surface area contributed by atoms with Crippen molar-refractivity contribution in [2.45, 2.75) is 0 Å². The maximum Gasteiger partial charge on any atom is 0.257 e. The van der Waals surface area contributed by atoms with Crippen LogP contribution in [0.3, 0.4) is 0 Å². The minimum absolute atomic E-state index is 0.116. The molecule has 0 atom stereocenters. The number of hydrogen-bond donors (Lipinski definition) is 0. The van der Waals surface area contributed by atoms with Gasteiger partial charge in [-0.2, -0.15) is 10.1 Å². The molecule has 1 amide bonds. The number of carbonyl (C=O) groups is 1. The molecule has 2 aliphatic heterocycles. The first kappa shape index (κ1) is 6.72. The second-order valence-electron chi connectivity index (χ2n) is 2.19. The number of thioether (sulfide) groups is 1. The van der Waals surface area contributed by atoms with Gasteiger partial charge in [-0.3, -0.25) is 4.79 Å². The number of amidine groups is 1.